The average molecular weight is 181 g/mol. The molecule has 1 aliphatic heterocycles. The lowest BCUT2D eigenvalue weighted by Crippen LogP contribution is -2.48. The lowest BCUT2D eigenvalue weighted by molar-refractivity contribution is 0.235. The van der Waals surface area contributed by atoms with Crippen LogP contribution in [0.25, 0.3) is 0 Å². The van der Waals surface area contributed by atoms with E-state index >= 15 is 0 Å². The standard InChI is InChI=1S/C8H15N5/c1-7(2)3-13-5-11-8(10-4-9)12-6-13/h7H,3,5-6H2,1-2H3,(H2,10,11,12). The Kier molecular flexibility index (Phi) is 3.53. The fourth-order valence-corrected chi connectivity index (χ4v) is 1.24. The number of rotatable bonds is 2. The van der Waals surface area contributed by atoms with E-state index in [-0.39, 0.29) is 0 Å². The maximum atomic E-state index is 8.33. The van der Waals surface area contributed by atoms with Gasteiger partial charge in [0.15, 0.2) is 6.19 Å². The first kappa shape index (κ1) is 9.81. The molecule has 5 heteroatoms. The molecular weight excluding hydrogens is 166 g/mol. The summed E-state index contributed by atoms with van der Waals surface area (Å²) in [6, 6.07) is 0. The summed E-state index contributed by atoms with van der Waals surface area (Å²) in [5, 5.41) is 13.8. The van der Waals surface area contributed by atoms with E-state index in [1.807, 2.05) is 6.19 Å². The van der Waals surface area contributed by atoms with Gasteiger partial charge in [0.1, 0.15) is 0 Å². The van der Waals surface area contributed by atoms with E-state index < -0.39 is 0 Å². The van der Waals surface area contributed by atoms with E-state index in [0.717, 1.165) is 13.2 Å². The smallest absolute Gasteiger partial charge is 0.207 e. The Hall–Kier alpha value is -1.28. The van der Waals surface area contributed by atoms with Gasteiger partial charge in [-0.2, -0.15) is 5.26 Å². The lowest BCUT2D eigenvalue weighted by atomic mass is 10.2. The highest BCUT2D eigenvalue weighted by atomic mass is 15.4. The van der Waals surface area contributed by atoms with Crippen molar-refractivity contribution in [3.63, 3.8) is 0 Å². The van der Waals surface area contributed by atoms with Gasteiger partial charge in [-0.05, 0) is 5.92 Å². The molecule has 1 heterocycles. The Morgan fingerprint density at radius 2 is 2.54 bits per heavy atom. The molecule has 0 aliphatic carbocycles. The largest absolute Gasteiger partial charge is 0.343 e. The zero-order chi connectivity index (χ0) is 9.68. The molecule has 1 aliphatic rings. The molecule has 13 heavy (non-hydrogen) atoms. The predicted octanol–water partition coefficient (Wildman–Crippen LogP) is -0.111. The summed E-state index contributed by atoms with van der Waals surface area (Å²) in [4.78, 5) is 6.34. The molecule has 0 unspecified atom stereocenters. The minimum absolute atomic E-state index is 0.572. The highest BCUT2D eigenvalue weighted by molar-refractivity contribution is 5.81. The third-order valence-corrected chi connectivity index (χ3v) is 1.70. The minimum atomic E-state index is 0.572. The number of nitriles is 1. The zero-order valence-electron chi connectivity index (χ0n) is 8.04. The summed E-state index contributed by atoms with van der Waals surface area (Å²) < 4.78 is 0. The first-order chi connectivity index (χ1) is 6.22. The fraction of sp³-hybridized carbons (Fsp3) is 0.750. The number of nitrogens with zero attached hydrogens (tertiary/aromatic N) is 3. The Labute approximate surface area is 78.4 Å². The van der Waals surface area contributed by atoms with Crippen LogP contribution in [0.15, 0.2) is 4.99 Å². The van der Waals surface area contributed by atoms with Crippen molar-refractivity contribution in [2.45, 2.75) is 13.8 Å². The molecule has 0 aromatic rings. The fourth-order valence-electron chi connectivity index (χ4n) is 1.24. The van der Waals surface area contributed by atoms with Gasteiger partial charge in [-0.3, -0.25) is 10.2 Å². The summed E-state index contributed by atoms with van der Waals surface area (Å²) in [5.74, 6) is 1.21. The number of hydrogen-bond donors (Lipinski definition) is 2. The van der Waals surface area contributed by atoms with E-state index in [4.69, 9.17) is 5.26 Å². The number of guanidine groups is 1. The van der Waals surface area contributed by atoms with Gasteiger partial charge in [0, 0.05) is 6.54 Å². The van der Waals surface area contributed by atoms with E-state index in [1.54, 1.807) is 0 Å². The Morgan fingerprint density at radius 3 is 3.00 bits per heavy atom. The molecule has 0 bridgehead atoms. The third-order valence-electron chi connectivity index (χ3n) is 1.70. The molecule has 0 aromatic carbocycles. The van der Waals surface area contributed by atoms with Crippen LogP contribution in [-0.2, 0) is 0 Å². The van der Waals surface area contributed by atoms with E-state index in [0.29, 0.717) is 18.5 Å². The van der Waals surface area contributed by atoms with E-state index in [2.05, 4.69) is 34.4 Å². The van der Waals surface area contributed by atoms with E-state index in [1.165, 1.54) is 0 Å². The second-order valence-corrected chi connectivity index (χ2v) is 3.47. The molecule has 1 rings (SSSR count). The minimum Gasteiger partial charge on any atom is -0.343 e. The van der Waals surface area contributed by atoms with Crippen molar-refractivity contribution >= 4 is 5.96 Å². The van der Waals surface area contributed by atoms with Crippen LogP contribution in [0.3, 0.4) is 0 Å². The van der Waals surface area contributed by atoms with Crippen molar-refractivity contribution in [3.05, 3.63) is 0 Å². The molecule has 0 aromatic heterocycles. The van der Waals surface area contributed by atoms with Gasteiger partial charge in [0.05, 0.1) is 13.3 Å². The predicted molar refractivity (Wildman–Crippen MR) is 50.6 cm³/mol. The highest BCUT2D eigenvalue weighted by Crippen LogP contribution is 1.99. The normalized spacial score (nSPS) is 17.5. The van der Waals surface area contributed by atoms with Gasteiger partial charge in [-0.25, -0.2) is 4.99 Å². The summed E-state index contributed by atoms with van der Waals surface area (Å²) in [5.41, 5.74) is 0. The first-order valence-corrected chi connectivity index (χ1v) is 4.38. The lowest BCUT2D eigenvalue weighted by Gasteiger charge is -2.27. The summed E-state index contributed by atoms with van der Waals surface area (Å²) in [7, 11) is 0. The van der Waals surface area contributed by atoms with Crippen molar-refractivity contribution in [3.8, 4) is 6.19 Å². The third kappa shape index (κ3) is 3.30. The van der Waals surface area contributed by atoms with Crippen LogP contribution >= 0.6 is 0 Å². The summed E-state index contributed by atoms with van der Waals surface area (Å²) in [6.07, 6.45) is 1.83. The van der Waals surface area contributed by atoms with Gasteiger partial charge < -0.3 is 5.32 Å². The molecule has 0 saturated heterocycles. The topological polar surface area (TPSA) is 63.5 Å². The Balaban J connectivity index is 2.34. The van der Waals surface area contributed by atoms with Crippen LogP contribution < -0.4 is 10.6 Å². The maximum Gasteiger partial charge on any atom is 0.207 e. The van der Waals surface area contributed by atoms with Crippen molar-refractivity contribution in [2.24, 2.45) is 10.9 Å². The first-order valence-electron chi connectivity index (χ1n) is 4.38. The van der Waals surface area contributed by atoms with Gasteiger partial charge in [0.25, 0.3) is 0 Å². The van der Waals surface area contributed by atoms with Crippen LogP contribution in [0.1, 0.15) is 13.8 Å². The van der Waals surface area contributed by atoms with Gasteiger partial charge in [-0.15, -0.1) is 0 Å². The average Bonchev–Trinajstić information content (AvgIpc) is 2.08. The molecule has 0 fully saturated rings. The van der Waals surface area contributed by atoms with Crippen LogP contribution in [0.4, 0.5) is 0 Å². The van der Waals surface area contributed by atoms with Crippen LogP contribution in [0.5, 0.6) is 0 Å². The van der Waals surface area contributed by atoms with Gasteiger partial charge >= 0.3 is 0 Å². The summed E-state index contributed by atoms with van der Waals surface area (Å²) >= 11 is 0. The van der Waals surface area contributed by atoms with Gasteiger partial charge in [-0.1, -0.05) is 13.8 Å². The zero-order valence-corrected chi connectivity index (χ0v) is 8.04. The molecule has 72 valence electrons. The monoisotopic (exact) mass is 181 g/mol. The van der Waals surface area contributed by atoms with Crippen molar-refractivity contribution in [2.75, 3.05) is 19.9 Å². The SMILES string of the molecule is CC(C)CN1CN=C(NC#N)NC1. The second kappa shape index (κ2) is 4.67. The molecule has 2 N–H and O–H groups in total. The van der Waals surface area contributed by atoms with Crippen molar-refractivity contribution in [1.82, 2.24) is 15.5 Å². The molecule has 5 nitrogen and oxygen atoms in total. The van der Waals surface area contributed by atoms with Gasteiger partial charge in [0.2, 0.25) is 5.96 Å². The summed E-state index contributed by atoms with van der Waals surface area (Å²) in [6.45, 7) is 6.79. The molecule has 0 radical (unpaired) electrons. The van der Waals surface area contributed by atoms with Crippen LogP contribution in [-0.4, -0.2) is 30.7 Å². The number of nitrogens with one attached hydrogen (secondary N) is 2. The molecular formula is C8H15N5. The van der Waals surface area contributed by atoms with Crippen LogP contribution in [0, 0.1) is 17.4 Å². The Morgan fingerprint density at radius 1 is 1.77 bits per heavy atom. The maximum absolute atomic E-state index is 8.33. The Bertz CT molecular complexity index is 227. The molecule has 0 atom stereocenters. The van der Waals surface area contributed by atoms with Crippen molar-refractivity contribution < 1.29 is 0 Å². The quantitative estimate of drug-likeness (QED) is 0.461. The molecule has 0 spiro atoms. The van der Waals surface area contributed by atoms with Crippen LogP contribution in [0.2, 0.25) is 0 Å². The number of hydrogen-bond acceptors (Lipinski definition) is 5. The highest BCUT2D eigenvalue weighted by Gasteiger charge is 2.11. The number of aliphatic imine (C=N–C) groups is 1. The molecule has 0 saturated carbocycles. The second-order valence-electron chi connectivity index (χ2n) is 3.47. The molecule has 0 amide bonds. The van der Waals surface area contributed by atoms with E-state index in [9.17, 15) is 0 Å². The van der Waals surface area contributed by atoms with Crippen molar-refractivity contribution in [1.29, 1.82) is 5.26 Å².